The van der Waals surface area contributed by atoms with Crippen molar-refractivity contribution in [2.75, 3.05) is 11.9 Å². The third kappa shape index (κ3) is 4.83. The van der Waals surface area contributed by atoms with Gasteiger partial charge in [-0.1, -0.05) is 41.4 Å². The van der Waals surface area contributed by atoms with Crippen LogP contribution in [-0.2, 0) is 6.42 Å². The normalized spacial score (nSPS) is 10.1. The number of benzene rings is 2. The molecule has 0 saturated carbocycles. The molecule has 0 amide bonds. The number of hydrogen-bond donors (Lipinski definition) is 2. The van der Waals surface area contributed by atoms with E-state index in [0.29, 0.717) is 5.11 Å². The summed E-state index contributed by atoms with van der Waals surface area (Å²) in [7, 11) is 0. The summed E-state index contributed by atoms with van der Waals surface area (Å²) in [6, 6.07) is 16.0. The van der Waals surface area contributed by atoms with Gasteiger partial charge in [0, 0.05) is 17.3 Å². The van der Waals surface area contributed by atoms with Crippen LogP contribution >= 0.6 is 23.8 Å². The highest BCUT2D eigenvalue weighted by Crippen LogP contribution is 2.11. The number of halogens is 1. The Kier molecular flexibility index (Phi) is 5.39. The van der Waals surface area contributed by atoms with Gasteiger partial charge in [0.1, 0.15) is 0 Å². The quantitative estimate of drug-likeness (QED) is 0.829. The molecule has 0 fully saturated rings. The van der Waals surface area contributed by atoms with Crippen LogP contribution in [0.15, 0.2) is 48.5 Å². The molecule has 0 atom stereocenters. The topological polar surface area (TPSA) is 24.1 Å². The third-order valence-electron chi connectivity index (χ3n) is 2.90. The average molecular weight is 305 g/mol. The lowest BCUT2D eigenvalue weighted by Gasteiger charge is -2.10. The first-order valence-corrected chi connectivity index (χ1v) is 7.28. The van der Waals surface area contributed by atoms with Gasteiger partial charge < -0.3 is 10.6 Å². The van der Waals surface area contributed by atoms with E-state index in [1.165, 1.54) is 11.1 Å². The first kappa shape index (κ1) is 14.8. The van der Waals surface area contributed by atoms with Gasteiger partial charge in [-0.2, -0.15) is 0 Å². The molecule has 0 aromatic heterocycles. The zero-order valence-electron chi connectivity index (χ0n) is 11.3. The summed E-state index contributed by atoms with van der Waals surface area (Å²) in [6.07, 6.45) is 0.885. The van der Waals surface area contributed by atoms with Crippen LogP contribution in [0.25, 0.3) is 0 Å². The maximum Gasteiger partial charge on any atom is 0.170 e. The summed E-state index contributed by atoms with van der Waals surface area (Å²) >= 11 is 11.2. The minimum atomic E-state index is 0.635. The Balaban J connectivity index is 1.76. The van der Waals surface area contributed by atoms with E-state index in [1.54, 1.807) is 0 Å². The minimum Gasteiger partial charge on any atom is -0.362 e. The van der Waals surface area contributed by atoms with Crippen LogP contribution in [-0.4, -0.2) is 11.7 Å². The van der Waals surface area contributed by atoms with E-state index in [4.69, 9.17) is 23.8 Å². The molecular weight excluding hydrogens is 288 g/mol. The molecule has 4 heteroatoms. The van der Waals surface area contributed by atoms with Crippen molar-refractivity contribution < 1.29 is 0 Å². The Hall–Kier alpha value is -1.58. The molecule has 0 unspecified atom stereocenters. The fourth-order valence-electron chi connectivity index (χ4n) is 1.83. The van der Waals surface area contributed by atoms with Crippen LogP contribution < -0.4 is 10.6 Å². The van der Waals surface area contributed by atoms with Crippen LogP contribution in [0.3, 0.4) is 0 Å². The van der Waals surface area contributed by atoms with Gasteiger partial charge in [-0.05, 0) is 55.4 Å². The van der Waals surface area contributed by atoms with Crippen molar-refractivity contribution in [2.24, 2.45) is 0 Å². The van der Waals surface area contributed by atoms with E-state index >= 15 is 0 Å². The smallest absolute Gasteiger partial charge is 0.170 e. The molecule has 2 rings (SSSR count). The summed E-state index contributed by atoms with van der Waals surface area (Å²) in [5.41, 5.74) is 3.43. The maximum absolute atomic E-state index is 5.95. The highest BCUT2D eigenvalue weighted by Gasteiger charge is 1.98. The zero-order chi connectivity index (χ0) is 14.4. The van der Waals surface area contributed by atoms with E-state index in [-0.39, 0.29) is 0 Å². The summed E-state index contributed by atoms with van der Waals surface area (Å²) < 4.78 is 0. The molecule has 2 aromatic rings. The molecule has 0 saturated heterocycles. The molecule has 2 N–H and O–H groups in total. The van der Waals surface area contributed by atoms with Gasteiger partial charge in [-0.25, -0.2) is 0 Å². The van der Waals surface area contributed by atoms with Gasteiger partial charge in [0.05, 0.1) is 0 Å². The molecule has 0 bridgehead atoms. The standard InChI is InChI=1S/C16H17ClN2S/c1-12-5-7-15(8-6-12)19-16(20)18-10-9-13-3-2-4-14(17)11-13/h2-8,11H,9-10H2,1H3,(H2,18,19,20). The van der Waals surface area contributed by atoms with E-state index in [9.17, 15) is 0 Å². The summed E-state index contributed by atoms with van der Waals surface area (Å²) in [4.78, 5) is 0. The average Bonchev–Trinajstić information content (AvgIpc) is 2.41. The Bertz CT molecular complexity index is 581. The summed E-state index contributed by atoms with van der Waals surface area (Å²) in [5, 5.41) is 7.75. The van der Waals surface area contributed by atoms with Crippen molar-refractivity contribution in [3.63, 3.8) is 0 Å². The van der Waals surface area contributed by atoms with E-state index in [1.807, 2.05) is 30.3 Å². The molecule has 0 spiro atoms. The molecule has 0 radical (unpaired) electrons. The number of aryl methyl sites for hydroxylation is 1. The van der Waals surface area contributed by atoms with Gasteiger partial charge in [0.15, 0.2) is 5.11 Å². The van der Waals surface area contributed by atoms with Crippen molar-refractivity contribution in [1.29, 1.82) is 0 Å². The molecule has 0 aliphatic heterocycles. The lowest BCUT2D eigenvalue weighted by Crippen LogP contribution is -2.30. The Labute approximate surface area is 130 Å². The van der Waals surface area contributed by atoms with E-state index < -0.39 is 0 Å². The number of anilines is 1. The van der Waals surface area contributed by atoms with E-state index in [2.05, 4.69) is 35.8 Å². The van der Waals surface area contributed by atoms with E-state index in [0.717, 1.165) is 23.7 Å². The largest absolute Gasteiger partial charge is 0.362 e. The minimum absolute atomic E-state index is 0.635. The molecule has 20 heavy (non-hydrogen) atoms. The van der Waals surface area contributed by atoms with Gasteiger partial charge in [0.25, 0.3) is 0 Å². The van der Waals surface area contributed by atoms with Crippen LogP contribution in [0.1, 0.15) is 11.1 Å². The predicted molar refractivity (Wildman–Crippen MR) is 90.6 cm³/mol. The lowest BCUT2D eigenvalue weighted by molar-refractivity contribution is 0.873. The Morgan fingerprint density at radius 2 is 1.90 bits per heavy atom. The Morgan fingerprint density at radius 1 is 1.15 bits per heavy atom. The van der Waals surface area contributed by atoms with Crippen molar-refractivity contribution in [2.45, 2.75) is 13.3 Å². The molecule has 2 nitrogen and oxygen atoms in total. The molecule has 104 valence electrons. The second kappa shape index (κ2) is 7.27. The first-order valence-electron chi connectivity index (χ1n) is 6.49. The molecular formula is C16H17ClN2S. The number of thiocarbonyl (C=S) groups is 1. The Morgan fingerprint density at radius 3 is 2.60 bits per heavy atom. The number of hydrogen-bond acceptors (Lipinski definition) is 1. The van der Waals surface area contributed by atoms with Crippen molar-refractivity contribution in [1.82, 2.24) is 5.32 Å². The van der Waals surface area contributed by atoms with Gasteiger partial charge >= 0.3 is 0 Å². The predicted octanol–water partition coefficient (Wildman–Crippen LogP) is 4.18. The third-order valence-corrected chi connectivity index (χ3v) is 3.38. The van der Waals surface area contributed by atoms with Crippen LogP contribution in [0.2, 0.25) is 5.02 Å². The number of rotatable bonds is 4. The highest BCUT2D eigenvalue weighted by atomic mass is 35.5. The van der Waals surface area contributed by atoms with Crippen LogP contribution in [0.5, 0.6) is 0 Å². The highest BCUT2D eigenvalue weighted by molar-refractivity contribution is 7.80. The fourth-order valence-corrected chi connectivity index (χ4v) is 2.26. The molecule has 2 aromatic carbocycles. The first-order chi connectivity index (χ1) is 9.63. The van der Waals surface area contributed by atoms with Gasteiger partial charge in [-0.3, -0.25) is 0 Å². The van der Waals surface area contributed by atoms with Crippen molar-refractivity contribution in [3.8, 4) is 0 Å². The fraction of sp³-hybridized carbons (Fsp3) is 0.188. The maximum atomic E-state index is 5.95. The summed E-state index contributed by atoms with van der Waals surface area (Å²) in [6.45, 7) is 2.84. The monoisotopic (exact) mass is 304 g/mol. The van der Waals surface area contributed by atoms with Crippen molar-refractivity contribution in [3.05, 3.63) is 64.7 Å². The van der Waals surface area contributed by atoms with Crippen LogP contribution in [0.4, 0.5) is 5.69 Å². The summed E-state index contributed by atoms with van der Waals surface area (Å²) in [5.74, 6) is 0. The zero-order valence-corrected chi connectivity index (χ0v) is 12.9. The molecule has 0 aliphatic rings. The second-order valence-electron chi connectivity index (χ2n) is 4.63. The van der Waals surface area contributed by atoms with Gasteiger partial charge in [-0.15, -0.1) is 0 Å². The van der Waals surface area contributed by atoms with Gasteiger partial charge in [0.2, 0.25) is 0 Å². The second-order valence-corrected chi connectivity index (χ2v) is 5.47. The molecule has 0 heterocycles. The SMILES string of the molecule is Cc1ccc(NC(=S)NCCc2cccc(Cl)c2)cc1. The number of nitrogens with one attached hydrogen (secondary N) is 2. The van der Waals surface area contributed by atoms with Crippen LogP contribution in [0, 0.1) is 6.92 Å². The van der Waals surface area contributed by atoms with Crippen molar-refractivity contribution >= 4 is 34.6 Å². The molecule has 0 aliphatic carbocycles. The lowest BCUT2D eigenvalue weighted by atomic mass is 10.1.